The van der Waals surface area contributed by atoms with Crippen LogP contribution in [0, 0.1) is 11.7 Å². The summed E-state index contributed by atoms with van der Waals surface area (Å²) in [6.45, 7) is 3.50. The molecule has 0 amide bonds. The molecule has 0 saturated carbocycles. The van der Waals surface area contributed by atoms with E-state index in [1.165, 1.54) is 6.07 Å². The van der Waals surface area contributed by atoms with E-state index >= 15 is 0 Å². The van der Waals surface area contributed by atoms with Gasteiger partial charge in [0.1, 0.15) is 5.82 Å². The van der Waals surface area contributed by atoms with Crippen LogP contribution in [0.2, 0.25) is 0 Å². The molecule has 5 nitrogen and oxygen atoms in total. The predicted octanol–water partition coefficient (Wildman–Crippen LogP) is 1.12. The Morgan fingerprint density at radius 3 is 2.90 bits per heavy atom. The first-order chi connectivity index (χ1) is 9.56. The second-order valence-corrected chi connectivity index (χ2v) is 5.28. The van der Waals surface area contributed by atoms with Crippen LogP contribution < -0.4 is 5.73 Å². The van der Waals surface area contributed by atoms with E-state index in [1.54, 1.807) is 12.1 Å². The van der Waals surface area contributed by atoms with Gasteiger partial charge >= 0.3 is 0 Å². The number of hydrogen-bond donors (Lipinski definition) is 3. The van der Waals surface area contributed by atoms with Crippen LogP contribution in [0.3, 0.4) is 0 Å². The fourth-order valence-corrected chi connectivity index (χ4v) is 2.69. The summed E-state index contributed by atoms with van der Waals surface area (Å²) >= 11 is 0. The van der Waals surface area contributed by atoms with Crippen LogP contribution in [-0.2, 0) is 6.54 Å². The van der Waals surface area contributed by atoms with E-state index in [9.17, 15) is 9.50 Å². The largest absolute Gasteiger partial charge is 0.409 e. The lowest BCUT2D eigenvalue weighted by Crippen LogP contribution is -2.34. The van der Waals surface area contributed by atoms with Crippen LogP contribution in [0.5, 0.6) is 0 Å². The fraction of sp³-hybridized carbons (Fsp3) is 0.500. The van der Waals surface area contributed by atoms with Gasteiger partial charge in [-0.25, -0.2) is 4.39 Å². The van der Waals surface area contributed by atoms with Gasteiger partial charge < -0.3 is 16.0 Å². The summed E-state index contributed by atoms with van der Waals surface area (Å²) in [5.41, 5.74) is 6.33. The average Bonchev–Trinajstić information content (AvgIpc) is 2.80. The van der Waals surface area contributed by atoms with Crippen LogP contribution in [0.15, 0.2) is 23.4 Å². The van der Waals surface area contributed by atoms with Gasteiger partial charge in [0.2, 0.25) is 0 Å². The van der Waals surface area contributed by atoms with Crippen molar-refractivity contribution in [2.45, 2.75) is 25.9 Å². The molecule has 4 N–H and O–H groups in total. The maximum atomic E-state index is 14.0. The van der Waals surface area contributed by atoms with Gasteiger partial charge in [0.15, 0.2) is 5.84 Å². The number of aliphatic hydroxyl groups excluding tert-OH is 1. The third-order valence-electron chi connectivity index (χ3n) is 4.01. The summed E-state index contributed by atoms with van der Waals surface area (Å²) < 4.78 is 14.0. The number of nitrogens with two attached hydrogens (primary N) is 1. The number of amidine groups is 1. The van der Waals surface area contributed by atoms with Crippen molar-refractivity contribution in [1.82, 2.24) is 4.90 Å². The Labute approximate surface area is 117 Å². The molecule has 0 aliphatic carbocycles. The average molecular weight is 281 g/mol. The molecule has 2 rings (SSSR count). The van der Waals surface area contributed by atoms with E-state index in [0.717, 1.165) is 13.0 Å². The van der Waals surface area contributed by atoms with E-state index in [4.69, 9.17) is 10.9 Å². The van der Waals surface area contributed by atoms with Crippen molar-refractivity contribution in [2.75, 3.05) is 13.2 Å². The maximum absolute atomic E-state index is 14.0. The number of aliphatic hydroxyl groups is 1. The molecule has 1 aromatic rings. The van der Waals surface area contributed by atoms with Crippen LogP contribution in [-0.4, -0.2) is 40.2 Å². The molecule has 1 fully saturated rings. The molecule has 1 aromatic carbocycles. The van der Waals surface area contributed by atoms with Crippen molar-refractivity contribution >= 4 is 5.84 Å². The van der Waals surface area contributed by atoms with Gasteiger partial charge in [-0.15, -0.1) is 0 Å². The van der Waals surface area contributed by atoms with Crippen molar-refractivity contribution in [3.63, 3.8) is 0 Å². The molecule has 2 atom stereocenters. The topological polar surface area (TPSA) is 82.1 Å². The quantitative estimate of drug-likeness (QED) is 0.334. The lowest BCUT2D eigenvalue weighted by atomic mass is 10.0. The first-order valence-corrected chi connectivity index (χ1v) is 6.68. The van der Waals surface area contributed by atoms with Crippen molar-refractivity contribution in [2.24, 2.45) is 16.8 Å². The highest BCUT2D eigenvalue weighted by atomic mass is 19.1. The minimum absolute atomic E-state index is 0.0816. The lowest BCUT2D eigenvalue weighted by Gasteiger charge is -2.25. The summed E-state index contributed by atoms with van der Waals surface area (Å²) in [6, 6.07) is 4.61. The van der Waals surface area contributed by atoms with Gasteiger partial charge in [0.05, 0.1) is 6.61 Å². The molecule has 0 spiro atoms. The monoisotopic (exact) mass is 281 g/mol. The van der Waals surface area contributed by atoms with Crippen molar-refractivity contribution in [3.8, 4) is 0 Å². The highest BCUT2D eigenvalue weighted by Gasteiger charge is 2.30. The van der Waals surface area contributed by atoms with Crippen LogP contribution in [0.4, 0.5) is 4.39 Å². The first kappa shape index (κ1) is 14.7. The van der Waals surface area contributed by atoms with E-state index in [0.29, 0.717) is 23.6 Å². The van der Waals surface area contributed by atoms with Gasteiger partial charge in [-0.05, 0) is 24.9 Å². The summed E-state index contributed by atoms with van der Waals surface area (Å²) in [5.74, 6) is -0.0803. The molecule has 0 aromatic heterocycles. The molecule has 1 aliphatic heterocycles. The molecular weight excluding hydrogens is 261 g/mol. The van der Waals surface area contributed by atoms with Crippen LogP contribution >= 0.6 is 0 Å². The van der Waals surface area contributed by atoms with Gasteiger partial charge in [-0.1, -0.05) is 24.2 Å². The molecule has 0 bridgehead atoms. The third kappa shape index (κ3) is 2.91. The Kier molecular flexibility index (Phi) is 4.57. The highest BCUT2D eigenvalue weighted by molar-refractivity contribution is 5.97. The summed E-state index contributed by atoms with van der Waals surface area (Å²) in [5, 5.41) is 20.8. The molecule has 1 saturated heterocycles. The van der Waals surface area contributed by atoms with Crippen LogP contribution in [0.25, 0.3) is 0 Å². The molecule has 0 radical (unpaired) electrons. The van der Waals surface area contributed by atoms with E-state index in [-0.39, 0.29) is 24.3 Å². The van der Waals surface area contributed by atoms with Gasteiger partial charge in [0, 0.05) is 23.7 Å². The normalized spacial score (nSPS) is 24.2. The van der Waals surface area contributed by atoms with Crippen LogP contribution in [0.1, 0.15) is 24.5 Å². The molecule has 6 heteroatoms. The number of halogens is 1. The van der Waals surface area contributed by atoms with Gasteiger partial charge in [0.25, 0.3) is 0 Å². The Morgan fingerprint density at radius 1 is 1.55 bits per heavy atom. The number of likely N-dealkylation sites (tertiary alicyclic amines) is 1. The summed E-state index contributed by atoms with van der Waals surface area (Å²) in [6.07, 6.45) is 1.01. The van der Waals surface area contributed by atoms with Crippen molar-refractivity contribution in [3.05, 3.63) is 35.1 Å². The number of hydrogen-bond acceptors (Lipinski definition) is 4. The van der Waals surface area contributed by atoms with Gasteiger partial charge in [-0.2, -0.15) is 0 Å². The maximum Gasteiger partial charge on any atom is 0.170 e. The van der Waals surface area contributed by atoms with E-state index < -0.39 is 0 Å². The summed E-state index contributed by atoms with van der Waals surface area (Å²) in [4.78, 5) is 2.09. The predicted molar refractivity (Wildman–Crippen MR) is 74.0 cm³/mol. The number of rotatable bonds is 4. The Bertz CT molecular complexity index is 507. The Morgan fingerprint density at radius 2 is 2.30 bits per heavy atom. The molecule has 110 valence electrons. The zero-order valence-electron chi connectivity index (χ0n) is 11.5. The molecule has 1 aliphatic rings. The van der Waals surface area contributed by atoms with E-state index in [1.807, 2.05) is 0 Å². The molecular formula is C14H20FN3O2. The van der Waals surface area contributed by atoms with Crippen molar-refractivity contribution in [1.29, 1.82) is 0 Å². The van der Waals surface area contributed by atoms with E-state index in [2.05, 4.69) is 17.0 Å². The number of nitrogens with zero attached hydrogens (tertiary/aromatic N) is 2. The Balaban J connectivity index is 2.14. The lowest BCUT2D eigenvalue weighted by molar-refractivity contribution is 0.133. The number of oxime groups is 1. The third-order valence-corrected chi connectivity index (χ3v) is 4.01. The van der Waals surface area contributed by atoms with Crippen molar-refractivity contribution < 1.29 is 14.7 Å². The molecule has 1 heterocycles. The molecule has 20 heavy (non-hydrogen) atoms. The fourth-order valence-electron chi connectivity index (χ4n) is 2.69. The second kappa shape index (κ2) is 6.19. The number of benzene rings is 1. The highest BCUT2D eigenvalue weighted by Crippen LogP contribution is 2.26. The first-order valence-electron chi connectivity index (χ1n) is 6.68. The molecule has 2 unspecified atom stereocenters. The second-order valence-electron chi connectivity index (χ2n) is 5.28. The zero-order chi connectivity index (χ0) is 14.7. The zero-order valence-corrected chi connectivity index (χ0v) is 11.5. The SMILES string of the molecule is CC1CCN(Cc2ccc(/C(N)=N/O)cc2F)C1CO. The smallest absolute Gasteiger partial charge is 0.170 e. The minimum atomic E-state index is -0.384. The Hall–Kier alpha value is -1.66. The summed E-state index contributed by atoms with van der Waals surface area (Å²) in [7, 11) is 0. The standard InChI is InChI=1S/C14H20FN3O2/c1-9-4-5-18(13(9)8-19)7-11-3-2-10(6-12(11)15)14(16)17-20/h2-3,6,9,13,19-20H,4-5,7-8H2,1H3,(H2,16,17). The van der Waals surface area contributed by atoms with Gasteiger partial charge in [-0.3, -0.25) is 4.90 Å². The minimum Gasteiger partial charge on any atom is -0.409 e.